The summed E-state index contributed by atoms with van der Waals surface area (Å²) in [7, 11) is 1.73. The molecule has 1 aromatic rings. The fraction of sp³-hybridized carbons (Fsp3) is 0.500. The zero-order chi connectivity index (χ0) is 6.85. The maximum absolute atomic E-state index is 10.7. The lowest BCUT2D eigenvalue weighted by atomic mass is 10.4. The van der Waals surface area contributed by atoms with Crippen LogP contribution >= 0.6 is 0 Å². The fourth-order valence-corrected chi connectivity index (χ4v) is 0.730. The lowest BCUT2D eigenvalue weighted by molar-refractivity contribution is 0.862. The van der Waals surface area contributed by atoms with Gasteiger partial charge in [-0.05, 0) is 6.42 Å². The number of aryl methyl sites for hydroxylation is 2. The SMILES string of the molecule is CCc1cn(C)c(=O)[nH]1. The van der Waals surface area contributed by atoms with E-state index in [4.69, 9.17) is 0 Å². The van der Waals surface area contributed by atoms with E-state index in [0.717, 1.165) is 12.1 Å². The Morgan fingerprint density at radius 1 is 1.78 bits per heavy atom. The Labute approximate surface area is 53.3 Å². The van der Waals surface area contributed by atoms with E-state index in [-0.39, 0.29) is 5.69 Å². The molecule has 0 amide bonds. The van der Waals surface area contributed by atoms with Crippen molar-refractivity contribution >= 4 is 0 Å². The minimum atomic E-state index is -0.0353. The normalized spacial score (nSPS) is 10.0. The highest BCUT2D eigenvalue weighted by Crippen LogP contribution is 1.88. The van der Waals surface area contributed by atoms with Crippen molar-refractivity contribution < 1.29 is 0 Å². The Bertz CT molecular complexity index is 246. The van der Waals surface area contributed by atoms with Crippen molar-refractivity contribution in [2.75, 3.05) is 0 Å². The highest BCUT2D eigenvalue weighted by Gasteiger charge is 1.93. The second kappa shape index (κ2) is 2.09. The summed E-state index contributed by atoms with van der Waals surface area (Å²) >= 11 is 0. The van der Waals surface area contributed by atoms with Crippen molar-refractivity contribution in [3.63, 3.8) is 0 Å². The van der Waals surface area contributed by atoms with Gasteiger partial charge in [0.05, 0.1) is 0 Å². The standard InChI is InChI=1S/C6H10N2O/c1-3-5-4-8(2)6(9)7-5/h4H,3H2,1-2H3,(H,7,9). The highest BCUT2D eigenvalue weighted by atomic mass is 16.1. The Morgan fingerprint density at radius 2 is 2.44 bits per heavy atom. The number of rotatable bonds is 1. The van der Waals surface area contributed by atoms with Gasteiger partial charge in [0, 0.05) is 18.9 Å². The van der Waals surface area contributed by atoms with Crippen molar-refractivity contribution in [3.8, 4) is 0 Å². The molecule has 0 aromatic carbocycles. The third-order valence-electron chi connectivity index (χ3n) is 1.32. The molecule has 9 heavy (non-hydrogen) atoms. The molecule has 0 saturated carbocycles. The molecule has 0 unspecified atom stereocenters. The van der Waals surface area contributed by atoms with Crippen LogP contribution in [0.3, 0.4) is 0 Å². The van der Waals surface area contributed by atoms with Crippen molar-refractivity contribution in [1.29, 1.82) is 0 Å². The number of hydrogen-bond donors (Lipinski definition) is 1. The van der Waals surface area contributed by atoms with E-state index in [0.29, 0.717) is 0 Å². The average molecular weight is 126 g/mol. The summed E-state index contributed by atoms with van der Waals surface area (Å²) < 4.78 is 1.54. The Hall–Kier alpha value is -0.990. The maximum atomic E-state index is 10.7. The summed E-state index contributed by atoms with van der Waals surface area (Å²) in [5.41, 5.74) is 0.953. The second-order valence-electron chi connectivity index (χ2n) is 2.05. The van der Waals surface area contributed by atoms with Crippen LogP contribution in [0, 0.1) is 0 Å². The lowest BCUT2D eigenvalue weighted by Crippen LogP contribution is -2.11. The molecule has 1 N–H and O–H groups in total. The van der Waals surface area contributed by atoms with Gasteiger partial charge in [0.15, 0.2) is 0 Å². The van der Waals surface area contributed by atoms with Crippen LogP contribution in [0.15, 0.2) is 11.0 Å². The van der Waals surface area contributed by atoms with Crippen LogP contribution in [0.4, 0.5) is 0 Å². The van der Waals surface area contributed by atoms with Crippen LogP contribution in [-0.2, 0) is 13.5 Å². The van der Waals surface area contributed by atoms with Gasteiger partial charge >= 0.3 is 5.69 Å². The van der Waals surface area contributed by atoms with Crippen LogP contribution < -0.4 is 5.69 Å². The first-order chi connectivity index (χ1) is 4.24. The van der Waals surface area contributed by atoms with Crippen LogP contribution in [0.5, 0.6) is 0 Å². The van der Waals surface area contributed by atoms with E-state index in [2.05, 4.69) is 4.98 Å². The van der Waals surface area contributed by atoms with Gasteiger partial charge in [0.1, 0.15) is 0 Å². The summed E-state index contributed by atoms with van der Waals surface area (Å²) in [6, 6.07) is 0. The predicted molar refractivity (Wildman–Crippen MR) is 35.4 cm³/mol. The van der Waals surface area contributed by atoms with Crippen LogP contribution in [0.1, 0.15) is 12.6 Å². The first-order valence-electron chi connectivity index (χ1n) is 2.98. The number of nitrogens with zero attached hydrogens (tertiary/aromatic N) is 1. The van der Waals surface area contributed by atoms with Crippen molar-refractivity contribution in [2.45, 2.75) is 13.3 Å². The molecule has 3 nitrogen and oxygen atoms in total. The van der Waals surface area contributed by atoms with Gasteiger partial charge in [-0.25, -0.2) is 4.79 Å². The maximum Gasteiger partial charge on any atom is 0.325 e. The summed E-state index contributed by atoms with van der Waals surface area (Å²) in [6.07, 6.45) is 2.69. The third kappa shape index (κ3) is 1.04. The molecule has 1 rings (SSSR count). The molecule has 50 valence electrons. The molecule has 1 aromatic heterocycles. The van der Waals surface area contributed by atoms with Gasteiger partial charge in [-0.1, -0.05) is 6.92 Å². The third-order valence-corrected chi connectivity index (χ3v) is 1.32. The average Bonchev–Trinajstić information content (AvgIpc) is 2.13. The summed E-state index contributed by atoms with van der Waals surface area (Å²) in [5, 5.41) is 0. The topological polar surface area (TPSA) is 37.8 Å². The minimum Gasteiger partial charge on any atom is -0.310 e. The lowest BCUT2D eigenvalue weighted by Gasteiger charge is -1.81. The molecule has 3 heteroatoms. The van der Waals surface area contributed by atoms with Crippen molar-refractivity contribution in [3.05, 3.63) is 22.4 Å². The zero-order valence-electron chi connectivity index (χ0n) is 5.64. The number of aromatic amines is 1. The predicted octanol–water partition coefficient (Wildman–Crippen LogP) is 0.276. The minimum absolute atomic E-state index is 0.0353. The smallest absolute Gasteiger partial charge is 0.310 e. The van der Waals surface area contributed by atoms with Gasteiger partial charge < -0.3 is 9.55 Å². The molecule has 1 heterocycles. The van der Waals surface area contributed by atoms with Crippen LogP contribution in [0.25, 0.3) is 0 Å². The van der Waals surface area contributed by atoms with Crippen LogP contribution in [0.2, 0.25) is 0 Å². The van der Waals surface area contributed by atoms with E-state index in [1.807, 2.05) is 13.1 Å². The summed E-state index contributed by atoms with van der Waals surface area (Å²) in [6.45, 7) is 2.01. The number of hydrogen-bond acceptors (Lipinski definition) is 1. The van der Waals surface area contributed by atoms with E-state index in [9.17, 15) is 4.79 Å². The van der Waals surface area contributed by atoms with Gasteiger partial charge in [-0.2, -0.15) is 0 Å². The second-order valence-corrected chi connectivity index (χ2v) is 2.05. The largest absolute Gasteiger partial charge is 0.325 e. The van der Waals surface area contributed by atoms with Crippen LogP contribution in [-0.4, -0.2) is 9.55 Å². The number of aromatic nitrogens is 2. The van der Waals surface area contributed by atoms with Gasteiger partial charge in [-0.3, -0.25) is 0 Å². The number of imidazole rings is 1. The molecular formula is C6H10N2O. The molecule has 0 aliphatic carbocycles. The van der Waals surface area contributed by atoms with E-state index >= 15 is 0 Å². The van der Waals surface area contributed by atoms with E-state index in [1.54, 1.807) is 11.6 Å². The molecule has 0 bridgehead atoms. The molecule has 0 aliphatic rings. The molecule has 0 spiro atoms. The monoisotopic (exact) mass is 126 g/mol. The van der Waals surface area contributed by atoms with Gasteiger partial charge in [-0.15, -0.1) is 0 Å². The van der Waals surface area contributed by atoms with Crippen molar-refractivity contribution in [1.82, 2.24) is 9.55 Å². The van der Waals surface area contributed by atoms with Gasteiger partial charge in [0.2, 0.25) is 0 Å². The molecule has 0 atom stereocenters. The highest BCUT2D eigenvalue weighted by molar-refractivity contribution is 4.94. The number of nitrogens with one attached hydrogen (secondary N) is 1. The summed E-state index contributed by atoms with van der Waals surface area (Å²) in [4.78, 5) is 13.4. The Balaban J connectivity index is 3.13. The summed E-state index contributed by atoms with van der Waals surface area (Å²) in [5.74, 6) is 0. The van der Waals surface area contributed by atoms with Gasteiger partial charge in [0.25, 0.3) is 0 Å². The van der Waals surface area contributed by atoms with E-state index in [1.165, 1.54) is 0 Å². The molecule has 0 radical (unpaired) electrons. The first-order valence-corrected chi connectivity index (χ1v) is 2.98. The fourth-order valence-electron chi connectivity index (χ4n) is 0.730. The number of H-pyrrole nitrogens is 1. The molecular weight excluding hydrogens is 116 g/mol. The Kier molecular flexibility index (Phi) is 1.42. The molecule has 0 aliphatic heterocycles. The van der Waals surface area contributed by atoms with Crippen molar-refractivity contribution in [2.24, 2.45) is 7.05 Å². The quantitative estimate of drug-likeness (QED) is 0.576. The molecule has 0 fully saturated rings. The zero-order valence-corrected chi connectivity index (χ0v) is 5.64. The van der Waals surface area contributed by atoms with E-state index < -0.39 is 0 Å². The molecule has 0 saturated heterocycles. The Morgan fingerprint density at radius 3 is 2.67 bits per heavy atom. The first kappa shape index (κ1) is 6.13.